The van der Waals surface area contributed by atoms with Crippen molar-refractivity contribution in [3.8, 4) is 44.5 Å². The molecule has 0 atom stereocenters. The van der Waals surface area contributed by atoms with Gasteiger partial charge in [0.2, 0.25) is 0 Å². The molecule has 0 spiro atoms. The predicted molar refractivity (Wildman–Crippen MR) is 199 cm³/mol. The fourth-order valence-corrected chi connectivity index (χ4v) is 6.55. The Morgan fingerprint density at radius 2 is 0.723 bits per heavy atom. The van der Waals surface area contributed by atoms with Crippen molar-refractivity contribution in [1.29, 1.82) is 0 Å². The van der Waals surface area contributed by atoms with Crippen molar-refractivity contribution < 1.29 is 9.31 Å². The molecule has 0 aromatic heterocycles. The van der Waals surface area contributed by atoms with Crippen LogP contribution in [-0.4, -0.2) is 18.3 Å². The summed E-state index contributed by atoms with van der Waals surface area (Å²) in [5, 5.41) is 4.99. The molecule has 1 heterocycles. The molecule has 0 amide bonds. The van der Waals surface area contributed by atoms with E-state index in [1.165, 1.54) is 60.5 Å². The van der Waals surface area contributed by atoms with E-state index in [2.05, 4.69) is 179 Å². The zero-order chi connectivity index (χ0) is 32.2. The lowest BCUT2D eigenvalue weighted by atomic mass is 9.78. The van der Waals surface area contributed by atoms with Crippen molar-refractivity contribution >= 4 is 34.1 Å². The molecule has 0 bridgehead atoms. The highest BCUT2D eigenvalue weighted by molar-refractivity contribution is 6.62. The van der Waals surface area contributed by atoms with Crippen LogP contribution in [0.4, 0.5) is 0 Å². The molecule has 7 aromatic rings. The summed E-state index contributed by atoms with van der Waals surface area (Å²) in [5.41, 5.74) is 9.96. The van der Waals surface area contributed by atoms with Crippen molar-refractivity contribution in [2.45, 2.75) is 38.9 Å². The van der Waals surface area contributed by atoms with Crippen LogP contribution in [0.25, 0.3) is 66.1 Å². The zero-order valence-corrected chi connectivity index (χ0v) is 27.3. The van der Waals surface area contributed by atoms with E-state index in [1.54, 1.807) is 0 Å². The van der Waals surface area contributed by atoms with E-state index >= 15 is 0 Å². The van der Waals surface area contributed by atoms with Crippen molar-refractivity contribution in [3.63, 3.8) is 0 Å². The van der Waals surface area contributed by atoms with Crippen LogP contribution in [0.1, 0.15) is 27.7 Å². The second kappa shape index (κ2) is 11.4. The molecule has 2 nitrogen and oxygen atoms in total. The quantitative estimate of drug-likeness (QED) is 0.181. The Morgan fingerprint density at radius 1 is 0.340 bits per heavy atom. The van der Waals surface area contributed by atoms with E-state index in [0.717, 1.165) is 11.0 Å². The molecule has 47 heavy (non-hydrogen) atoms. The lowest BCUT2D eigenvalue weighted by Gasteiger charge is -2.32. The van der Waals surface area contributed by atoms with Gasteiger partial charge >= 0.3 is 7.12 Å². The molecule has 0 radical (unpaired) electrons. The highest BCUT2D eigenvalue weighted by Gasteiger charge is 2.51. The van der Waals surface area contributed by atoms with Crippen molar-refractivity contribution in [3.05, 3.63) is 152 Å². The lowest BCUT2D eigenvalue weighted by Crippen LogP contribution is -2.41. The summed E-state index contributed by atoms with van der Waals surface area (Å²) in [4.78, 5) is 0. The summed E-state index contributed by atoms with van der Waals surface area (Å²) in [5.74, 6) is 0. The Morgan fingerprint density at radius 3 is 1.28 bits per heavy atom. The number of hydrogen-bond donors (Lipinski definition) is 0. The lowest BCUT2D eigenvalue weighted by molar-refractivity contribution is 0.00578. The van der Waals surface area contributed by atoms with E-state index in [4.69, 9.17) is 9.31 Å². The fraction of sp³-hybridized carbons (Fsp3) is 0.136. The normalized spacial score (nSPS) is 15.4. The fourth-order valence-electron chi connectivity index (χ4n) is 6.55. The van der Waals surface area contributed by atoms with Gasteiger partial charge in [0.1, 0.15) is 0 Å². The molecule has 1 aliphatic heterocycles. The molecule has 1 saturated heterocycles. The molecule has 0 saturated carbocycles. The van der Waals surface area contributed by atoms with Gasteiger partial charge in [0, 0.05) is 0 Å². The van der Waals surface area contributed by atoms with Crippen LogP contribution in [0.15, 0.2) is 152 Å². The molecule has 0 unspecified atom stereocenters. The van der Waals surface area contributed by atoms with Crippen LogP contribution in [0.3, 0.4) is 0 Å². The molecule has 1 fully saturated rings. The maximum Gasteiger partial charge on any atom is 0.494 e. The van der Waals surface area contributed by atoms with Gasteiger partial charge in [-0.15, -0.1) is 0 Å². The van der Waals surface area contributed by atoms with Crippen molar-refractivity contribution in [1.82, 2.24) is 0 Å². The zero-order valence-electron chi connectivity index (χ0n) is 27.3. The third kappa shape index (κ3) is 5.56. The van der Waals surface area contributed by atoms with Gasteiger partial charge in [-0.1, -0.05) is 127 Å². The van der Waals surface area contributed by atoms with Crippen LogP contribution < -0.4 is 5.46 Å². The molecule has 7 aromatic carbocycles. The summed E-state index contributed by atoms with van der Waals surface area (Å²) < 4.78 is 12.6. The second-order valence-electron chi connectivity index (χ2n) is 13.7. The number of benzene rings is 7. The molecule has 3 heteroatoms. The monoisotopic (exact) mass is 608 g/mol. The molecular formula is C44H37BO2. The smallest absolute Gasteiger partial charge is 0.399 e. The first-order valence-corrected chi connectivity index (χ1v) is 16.4. The van der Waals surface area contributed by atoms with Gasteiger partial charge < -0.3 is 9.31 Å². The average Bonchev–Trinajstić information content (AvgIpc) is 3.33. The Kier molecular flexibility index (Phi) is 7.13. The van der Waals surface area contributed by atoms with Gasteiger partial charge in [0.25, 0.3) is 0 Å². The van der Waals surface area contributed by atoms with Gasteiger partial charge in [0.05, 0.1) is 11.2 Å². The Balaban J connectivity index is 1.03. The first-order valence-electron chi connectivity index (χ1n) is 16.4. The molecule has 0 aliphatic carbocycles. The minimum absolute atomic E-state index is 0.361. The van der Waals surface area contributed by atoms with Crippen LogP contribution in [-0.2, 0) is 9.31 Å². The summed E-state index contributed by atoms with van der Waals surface area (Å²) in [7, 11) is -0.370. The molecule has 228 valence electrons. The number of rotatable bonds is 5. The largest absolute Gasteiger partial charge is 0.494 e. The van der Waals surface area contributed by atoms with E-state index in [9.17, 15) is 0 Å². The Labute approximate surface area is 277 Å². The van der Waals surface area contributed by atoms with Crippen LogP contribution in [0, 0.1) is 0 Å². The highest BCUT2D eigenvalue weighted by Crippen LogP contribution is 2.37. The SMILES string of the molecule is CC1(C)OB(c2cccc(-c3ccc(-c4ccc5cc(-c6cccc(-c7ccc8ccccc8c7)c6)ccc5c4)cc3)c2)OC1(C)C. The number of fused-ring (bicyclic) bond motifs is 2. The Bertz CT molecular complexity index is 2250. The van der Waals surface area contributed by atoms with Gasteiger partial charge in [0.15, 0.2) is 0 Å². The predicted octanol–water partition coefficient (Wildman–Crippen LogP) is 11.0. The molecule has 1 aliphatic rings. The maximum atomic E-state index is 6.30. The minimum Gasteiger partial charge on any atom is -0.399 e. The summed E-state index contributed by atoms with van der Waals surface area (Å²) >= 11 is 0. The topological polar surface area (TPSA) is 18.5 Å². The molecular weight excluding hydrogens is 571 g/mol. The van der Waals surface area contributed by atoms with Crippen LogP contribution >= 0.6 is 0 Å². The summed E-state index contributed by atoms with van der Waals surface area (Å²) in [6.07, 6.45) is 0. The van der Waals surface area contributed by atoms with Gasteiger partial charge in [-0.3, -0.25) is 0 Å². The van der Waals surface area contributed by atoms with Gasteiger partial charge in [-0.25, -0.2) is 0 Å². The molecule has 0 N–H and O–H groups in total. The first-order chi connectivity index (χ1) is 22.7. The highest BCUT2D eigenvalue weighted by atomic mass is 16.7. The molecule has 8 rings (SSSR count). The summed E-state index contributed by atoms with van der Waals surface area (Å²) in [6.45, 7) is 8.36. The standard InChI is InChI=1S/C44H37BO2/c1-43(2)44(3,4)47-45(46-43)42-14-8-13-36(29-42)31-15-17-32(18-16-31)37-21-22-41-28-39(23-24-40(41)27-37)35-12-7-11-34(26-35)38-20-19-30-9-5-6-10-33(30)25-38/h5-29H,1-4H3. The third-order valence-electron chi connectivity index (χ3n) is 10.1. The van der Waals surface area contributed by atoms with Crippen LogP contribution in [0.2, 0.25) is 0 Å². The van der Waals surface area contributed by atoms with E-state index in [-0.39, 0.29) is 18.3 Å². The van der Waals surface area contributed by atoms with E-state index in [0.29, 0.717) is 0 Å². The Hall–Kier alpha value is -4.96. The van der Waals surface area contributed by atoms with Crippen molar-refractivity contribution in [2.24, 2.45) is 0 Å². The average molecular weight is 609 g/mol. The number of hydrogen-bond acceptors (Lipinski definition) is 2. The second-order valence-corrected chi connectivity index (χ2v) is 13.7. The first kappa shape index (κ1) is 29.4. The van der Waals surface area contributed by atoms with E-state index < -0.39 is 0 Å². The maximum absolute atomic E-state index is 6.30. The third-order valence-corrected chi connectivity index (χ3v) is 10.1. The minimum atomic E-state index is -0.370. The summed E-state index contributed by atoms with van der Waals surface area (Å²) in [6, 6.07) is 55.0. The van der Waals surface area contributed by atoms with Crippen molar-refractivity contribution in [2.75, 3.05) is 0 Å². The van der Waals surface area contributed by atoms with Gasteiger partial charge in [-0.05, 0) is 123 Å². The van der Waals surface area contributed by atoms with Crippen LogP contribution in [0.5, 0.6) is 0 Å². The van der Waals surface area contributed by atoms with Gasteiger partial charge in [-0.2, -0.15) is 0 Å². The van der Waals surface area contributed by atoms with E-state index in [1.807, 2.05) is 0 Å².